The molecule has 0 aliphatic heterocycles. The Bertz CT molecular complexity index is 1410. The third kappa shape index (κ3) is 6.69. The Balaban J connectivity index is 0.00000361. The number of carboxylic acid groups (broad SMARTS) is 1. The zero-order valence-electron chi connectivity index (χ0n) is 19.4. The lowest BCUT2D eigenvalue weighted by atomic mass is 10.1. The van der Waals surface area contributed by atoms with Gasteiger partial charge in [-0.25, -0.2) is 18.2 Å². The summed E-state index contributed by atoms with van der Waals surface area (Å²) in [5, 5.41) is 8.80. The number of aryl methyl sites for hydroxylation is 1. The van der Waals surface area contributed by atoms with Crippen molar-refractivity contribution in [3.63, 3.8) is 0 Å². The molecule has 0 saturated carbocycles. The molecule has 0 bridgehead atoms. The van der Waals surface area contributed by atoms with Crippen molar-refractivity contribution in [2.45, 2.75) is 18.1 Å². The molecule has 188 valence electrons. The zero-order chi connectivity index (χ0) is 24.8. The highest BCUT2D eigenvalue weighted by Gasteiger charge is 2.27. The zero-order valence-corrected chi connectivity index (χ0v) is 21.0. The smallest absolute Gasteiger partial charge is 0.341 e. The van der Waals surface area contributed by atoms with Crippen molar-refractivity contribution >= 4 is 28.4 Å². The number of pyridine rings is 1. The molecule has 0 unspecified atom stereocenters. The number of hydrogen-bond acceptors (Lipinski definition) is 6. The Labute approximate surface area is 215 Å². The quantitative estimate of drug-likeness (QED) is 0.333. The van der Waals surface area contributed by atoms with Gasteiger partial charge >= 0.3 is 5.97 Å². The van der Waals surface area contributed by atoms with Crippen molar-refractivity contribution in [2.75, 3.05) is 6.61 Å². The average Bonchev–Trinajstić information content (AvgIpc) is 3.31. The molecular weight excluding hydrogens is 504 g/mol. The van der Waals surface area contributed by atoms with Crippen molar-refractivity contribution in [3.05, 3.63) is 96.7 Å². The first-order valence-electron chi connectivity index (χ1n) is 10.7. The summed E-state index contributed by atoms with van der Waals surface area (Å²) in [7, 11) is -2.22. The van der Waals surface area contributed by atoms with E-state index in [4.69, 9.17) is 9.84 Å². The van der Waals surface area contributed by atoms with E-state index in [-0.39, 0.29) is 30.5 Å². The molecule has 0 saturated heterocycles. The molecule has 0 aliphatic rings. The molecule has 36 heavy (non-hydrogen) atoms. The third-order valence-corrected chi connectivity index (χ3v) is 6.89. The second-order valence-corrected chi connectivity index (χ2v) is 9.80. The lowest BCUT2D eigenvalue weighted by Crippen LogP contribution is -2.30. The van der Waals surface area contributed by atoms with E-state index >= 15 is 0 Å². The van der Waals surface area contributed by atoms with Crippen LogP contribution in [0.3, 0.4) is 0 Å². The second kappa shape index (κ2) is 11.8. The molecule has 0 amide bonds. The summed E-state index contributed by atoms with van der Waals surface area (Å²) >= 11 is 0. The number of imidazole rings is 1. The number of hydrogen-bond donors (Lipinski definition) is 1. The van der Waals surface area contributed by atoms with E-state index in [2.05, 4.69) is 9.97 Å². The van der Waals surface area contributed by atoms with Crippen LogP contribution >= 0.6 is 12.4 Å². The van der Waals surface area contributed by atoms with Crippen LogP contribution in [0.15, 0.2) is 90.6 Å². The Morgan fingerprint density at radius 1 is 1.03 bits per heavy atom. The summed E-state index contributed by atoms with van der Waals surface area (Å²) in [4.78, 5) is 19.0. The fraction of sp³-hybridized carbons (Fsp3) is 0.160. The lowest BCUT2D eigenvalue weighted by Gasteiger charge is -2.22. The van der Waals surface area contributed by atoms with E-state index in [1.807, 2.05) is 36.4 Å². The average molecular weight is 529 g/mol. The van der Waals surface area contributed by atoms with Gasteiger partial charge in [-0.15, -0.1) is 12.4 Å². The summed E-state index contributed by atoms with van der Waals surface area (Å²) in [5.41, 5.74) is 3.40. The number of carbonyl (C=O) groups is 1. The van der Waals surface area contributed by atoms with E-state index in [0.29, 0.717) is 11.3 Å². The number of aliphatic carboxylic acids is 1. The van der Waals surface area contributed by atoms with Gasteiger partial charge < -0.3 is 14.4 Å². The molecule has 2 aromatic carbocycles. The summed E-state index contributed by atoms with van der Waals surface area (Å²) in [6, 6.07) is 18.2. The summed E-state index contributed by atoms with van der Waals surface area (Å²) in [5.74, 6) is -0.745. The minimum Gasteiger partial charge on any atom is -0.482 e. The minimum absolute atomic E-state index is 0. The number of sulfonamides is 1. The minimum atomic E-state index is -3.92. The molecular formula is C25H25ClN4O5S. The molecule has 2 heterocycles. The number of halogens is 1. The molecule has 0 fully saturated rings. The van der Waals surface area contributed by atoms with Crippen LogP contribution in [0.4, 0.5) is 0 Å². The van der Waals surface area contributed by atoms with E-state index in [9.17, 15) is 13.2 Å². The normalized spacial score (nSPS) is 11.2. The van der Waals surface area contributed by atoms with Crippen LogP contribution in [-0.2, 0) is 35.0 Å². The van der Waals surface area contributed by atoms with Gasteiger partial charge in [-0.05, 0) is 40.5 Å². The van der Waals surface area contributed by atoms with E-state index in [0.717, 1.165) is 16.7 Å². The number of benzene rings is 2. The summed E-state index contributed by atoms with van der Waals surface area (Å²) in [6.07, 6.45) is 6.38. The van der Waals surface area contributed by atoms with Gasteiger partial charge in [0.2, 0.25) is 0 Å². The molecule has 4 rings (SSSR count). The molecule has 1 N–H and O–H groups in total. The SMILES string of the molecule is Cl.Cn1cnc(S(=O)(=O)N(Cc2ccc(-c3cccnc3)cc2)Cc2cccc(OCC(=O)O)c2)c1. The van der Waals surface area contributed by atoms with Crippen LogP contribution in [0.25, 0.3) is 11.1 Å². The van der Waals surface area contributed by atoms with E-state index in [1.165, 1.54) is 16.8 Å². The summed E-state index contributed by atoms with van der Waals surface area (Å²) < 4.78 is 35.1. The Morgan fingerprint density at radius 3 is 2.42 bits per heavy atom. The molecule has 2 aromatic heterocycles. The Morgan fingerprint density at radius 2 is 1.78 bits per heavy atom. The van der Waals surface area contributed by atoms with Gasteiger partial charge in [-0.3, -0.25) is 4.98 Å². The van der Waals surface area contributed by atoms with Gasteiger partial charge in [0.1, 0.15) is 5.75 Å². The van der Waals surface area contributed by atoms with Crippen LogP contribution in [0, 0.1) is 0 Å². The molecule has 11 heteroatoms. The molecule has 0 radical (unpaired) electrons. The van der Waals surface area contributed by atoms with Crippen LogP contribution < -0.4 is 4.74 Å². The van der Waals surface area contributed by atoms with Gasteiger partial charge in [0.25, 0.3) is 10.0 Å². The number of ether oxygens (including phenoxy) is 1. The van der Waals surface area contributed by atoms with Crippen molar-refractivity contribution < 1.29 is 23.1 Å². The van der Waals surface area contributed by atoms with Gasteiger partial charge in [0, 0.05) is 38.7 Å². The molecule has 0 atom stereocenters. The third-order valence-electron chi connectivity index (χ3n) is 5.21. The highest BCUT2D eigenvalue weighted by molar-refractivity contribution is 7.89. The summed E-state index contributed by atoms with van der Waals surface area (Å²) in [6.45, 7) is -0.317. The maximum atomic E-state index is 13.5. The van der Waals surface area contributed by atoms with Gasteiger partial charge in [-0.2, -0.15) is 4.31 Å². The van der Waals surface area contributed by atoms with Crippen LogP contribution in [0.2, 0.25) is 0 Å². The number of aromatic nitrogens is 3. The monoisotopic (exact) mass is 528 g/mol. The van der Waals surface area contributed by atoms with Gasteiger partial charge in [-0.1, -0.05) is 42.5 Å². The van der Waals surface area contributed by atoms with E-state index < -0.39 is 22.6 Å². The second-order valence-electron chi connectivity index (χ2n) is 7.92. The fourth-order valence-corrected chi connectivity index (χ4v) is 4.88. The van der Waals surface area contributed by atoms with E-state index in [1.54, 1.807) is 48.3 Å². The maximum absolute atomic E-state index is 13.5. The van der Waals surface area contributed by atoms with Crippen molar-refractivity contribution in [1.29, 1.82) is 0 Å². The van der Waals surface area contributed by atoms with Crippen molar-refractivity contribution in [1.82, 2.24) is 18.8 Å². The standard InChI is InChI=1S/C25H24N4O5S.ClH/c1-28-16-24(27-18-28)35(32,33)29(15-20-4-2-6-23(12-20)34-17-25(30)31)14-19-7-9-21(10-8-19)22-5-3-11-26-13-22;/h2-13,16,18H,14-15,17H2,1H3,(H,30,31);1H. The number of nitrogens with zero attached hydrogens (tertiary/aromatic N) is 4. The number of rotatable bonds is 10. The molecule has 0 aliphatic carbocycles. The van der Waals surface area contributed by atoms with Crippen LogP contribution in [0.5, 0.6) is 5.75 Å². The predicted molar refractivity (Wildman–Crippen MR) is 136 cm³/mol. The highest BCUT2D eigenvalue weighted by Crippen LogP contribution is 2.24. The Kier molecular flexibility index (Phi) is 8.81. The van der Waals surface area contributed by atoms with Gasteiger partial charge in [0.15, 0.2) is 11.6 Å². The predicted octanol–water partition coefficient (Wildman–Crippen LogP) is 3.76. The molecule has 0 spiro atoms. The first-order valence-corrected chi connectivity index (χ1v) is 12.2. The first kappa shape index (κ1) is 26.9. The van der Waals surface area contributed by atoms with Crippen molar-refractivity contribution in [3.8, 4) is 16.9 Å². The molecule has 9 nitrogen and oxygen atoms in total. The van der Waals surface area contributed by atoms with Crippen LogP contribution in [-0.4, -0.2) is 44.9 Å². The fourth-order valence-electron chi connectivity index (χ4n) is 3.50. The maximum Gasteiger partial charge on any atom is 0.341 e. The van der Waals surface area contributed by atoms with Crippen LogP contribution in [0.1, 0.15) is 11.1 Å². The Hall–Kier alpha value is -3.73. The number of carboxylic acids is 1. The largest absolute Gasteiger partial charge is 0.482 e. The highest BCUT2D eigenvalue weighted by atomic mass is 35.5. The van der Waals surface area contributed by atoms with Gasteiger partial charge in [0.05, 0.1) is 6.33 Å². The van der Waals surface area contributed by atoms with Crippen molar-refractivity contribution in [2.24, 2.45) is 7.05 Å². The first-order chi connectivity index (χ1) is 16.8. The molecule has 4 aromatic rings. The topological polar surface area (TPSA) is 115 Å². The lowest BCUT2D eigenvalue weighted by molar-refractivity contribution is -0.139.